The van der Waals surface area contributed by atoms with Crippen molar-refractivity contribution in [1.82, 2.24) is 20.1 Å². The maximum absolute atomic E-state index is 13.1. The molecule has 34 heavy (non-hydrogen) atoms. The summed E-state index contributed by atoms with van der Waals surface area (Å²) in [4.78, 5) is 32.3. The van der Waals surface area contributed by atoms with Crippen molar-refractivity contribution >= 4 is 28.4 Å². The smallest absolute Gasteiger partial charge is 0.251 e. The van der Waals surface area contributed by atoms with Crippen LogP contribution in [0.1, 0.15) is 45.4 Å². The number of amides is 2. The Morgan fingerprint density at radius 2 is 2.15 bits per heavy atom. The highest BCUT2D eigenvalue weighted by Gasteiger charge is 2.30. The predicted molar refractivity (Wildman–Crippen MR) is 132 cm³/mol. The second kappa shape index (κ2) is 8.58. The summed E-state index contributed by atoms with van der Waals surface area (Å²) in [5.41, 5.74) is 6.60. The zero-order valence-corrected chi connectivity index (χ0v) is 20.4. The van der Waals surface area contributed by atoms with Crippen LogP contribution in [-0.4, -0.2) is 64.2 Å². The van der Waals surface area contributed by atoms with Gasteiger partial charge in [-0.1, -0.05) is 19.9 Å². The normalized spacial score (nSPS) is 19.9. The number of nitrogens with one attached hydrogen (secondary N) is 2. The van der Waals surface area contributed by atoms with Gasteiger partial charge in [0.25, 0.3) is 5.91 Å². The molecule has 0 radical (unpaired) electrons. The van der Waals surface area contributed by atoms with Crippen molar-refractivity contribution in [3.63, 3.8) is 0 Å². The first-order chi connectivity index (χ1) is 16.3. The lowest BCUT2D eigenvalue weighted by molar-refractivity contribution is -0.153. The van der Waals surface area contributed by atoms with Gasteiger partial charge in [-0.3, -0.25) is 14.7 Å². The number of H-pyrrole nitrogens is 2. The van der Waals surface area contributed by atoms with Crippen molar-refractivity contribution in [1.29, 1.82) is 0 Å². The van der Waals surface area contributed by atoms with Gasteiger partial charge in [0.15, 0.2) is 0 Å². The molecule has 1 aliphatic heterocycles. The number of hydrogen-bond donors (Lipinski definition) is 2. The maximum atomic E-state index is 13.1. The Balaban J connectivity index is 1.39. The first-order valence-electron chi connectivity index (χ1n) is 12.2. The SMILES string of the molecule is CCN(C(=O)CN1CCOC(C)C1=O)c1ccc2cc(-c3n[nH]c4c3CCC(C)(C)C4)[nH]c2c1. The van der Waals surface area contributed by atoms with E-state index in [4.69, 9.17) is 4.74 Å². The molecule has 0 bridgehead atoms. The number of aromatic amines is 2. The van der Waals surface area contributed by atoms with Gasteiger partial charge in [0.2, 0.25) is 5.91 Å². The van der Waals surface area contributed by atoms with E-state index in [9.17, 15) is 9.59 Å². The summed E-state index contributed by atoms with van der Waals surface area (Å²) in [5.74, 6) is -0.231. The van der Waals surface area contributed by atoms with Crippen molar-refractivity contribution < 1.29 is 14.3 Å². The Labute approximate surface area is 199 Å². The van der Waals surface area contributed by atoms with Crippen LogP contribution >= 0.6 is 0 Å². The number of carbonyl (C=O) groups is 2. The molecule has 1 atom stereocenters. The van der Waals surface area contributed by atoms with Gasteiger partial charge in [0.05, 0.1) is 12.3 Å². The molecule has 3 aromatic rings. The molecular weight excluding hydrogens is 430 g/mol. The molecule has 1 fully saturated rings. The average Bonchev–Trinajstić information content (AvgIpc) is 3.39. The maximum Gasteiger partial charge on any atom is 0.251 e. The van der Waals surface area contributed by atoms with E-state index in [0.29, 0.717) is 25.1 Å². The van der Waals surface area contributed by atoms with Crippen molar-refractivity contribution in [2.24, 2.45) is 5.41 Å². The summed E-state index contributed by atoms with van der Waals surface area (Å²) in [6.07, 6.45) is 2.68. The number of nitrogens with zero attached hydrogens (tertiary/aromatic N) is 3. The third-order valence-electron chi connectivity index (χ3n) is 7.16. The molecule has 1 aliphatic carbocycles. The van der Waals surface area contributed by atoms with Crippen LogP contribution in [0, 0.1) is 5.41 Å². The van der Waals surface area contributed by atoms with Gasteiger partial charge >= 0.3 is 0 Å². The molecule has 3 heterocycles. The molecule has 2 amide bonds. The van der Waals surface area contributed by atoms with E-state index in [-0.39, 0.29) is 18.4 Å². The van der Waals surface area contributed by atoms with Gasteiger partial charge < -0.3 is 19.5 Å². The minimum absolute atomic E-state index is 0.0597. The number of carbonyl (C=O) groups excluding carboxylic acids is 2. The molecule has 2 aromatic heterocycles. The lowest BCUT2D eigenvalue weighted by Crippen LogP contribution is -2.51. The Kier molecular flexibility index (Phi) is 5.72. The summed E-state index contributed by atoms with van der Waals surface area (Å²) in [5, 5.41) is 8.98. The predicted octanol–water partition coefficient (Wildman–Crippen LogP) is 3.67. The number of aromatic nitrogens is 3. The van der Waals surface area contributed by atoms with Gasteiger partial charge in [-0.25, -0.2) is 0 Å². The molecule has 2 aliphatic rings. The number of rotatable bonds is 5. The lowest BCUT2D eigenvalue weighted by Gasteiger charge is -2.32. The quantitative estimate of drug-likeness (QED) is 0.604. The molecule has 0 spiro atoms. The minimum Gasteiger partial charge on any atom is -0.367 e. The lowest BCUT2D eigenvalue weighted by atomic mass is 9.76. The topological polar surface area (TPSA) is 94.3 Å². The molecule has 180 valence electrons. The van der Waals surface area contributed by atoms with Crippen LogP contribution in [0.3, 0.4) is 0 Å². The molecule has 2 N–H and O–H groups in total. The van der Waals surface area contributed by atoms with Crippen molar-refractivity contribution in [3.05, 3.63) is 35.5 Å². The van der Waals surface area contributed by atoms with E-state index in [1.54, 1.807) is 16.7 Å². The van der Waals surface area contributed by atoms with Crippen molar-refractivity contribution in [3.8, 4) is 11.4 Å². The number of hydrogen-bond acceptors (Lipinski definition) is 4. The molecule has 5 rings (SSSR count). The fraction of sp³-hybridized carbons (Fsp3) is 0.500. The summed E-state index contributed by atoms with van der Waals surface area (Å²) in [6.45, 7) is 9.76. The summed E-state index contributed by atoms with van der Waals surface area (Å²) in [6, 6.07) is 8.13. The molecule has 0 saturated carbocycles. The van der Waals surface area contributed by atoms with E-state index in [1.807, 2.05) is 25.1 Å². The van der Waals surface area contributed by atoms with Crippen LogP contribution in [0.4, 0.5) is 5.69 Å². The fourth-order valence-electron chi connectivity index (χ4n) is 5.17. The largest absolute Gasteiger partial charge is 0.367 e. The number of anilines is 1. The summed E-state index contributed by atoms with van der Waals surface area (Å²) >= 11 is 0. The van der Waals surface area contributed by atoms with E-state index >= 15 is 0 Å². The molecule has 1 saturated heterocycles. The van der Waals surface area contributed by atoms with Gasteiger partial charge in [0, 0.05) is 40.9 Å². The van der Waals surface area contributed by atoms with E-state index < -0.39 is 6.10 Å². The Hall–Kier alpha value is -3.13. The highest BCUT2D eigenvalue weighted by molar-refractivity contribution is 5.99. The average molecular weight is 464 g/mol. The number of ether oxygens (including phenoxy) is 1. The van der Waals surface area contributed by atoms with Crippen LogP contribution in [0.5, 0.6) is 0 Å². The van der Waals surface area contributed by atoms with E-state index in [1.165, 1.54) is 11.3 Å². The number of fused-ring (bicyclic) bond motifs is 2. The van der Waals surface area contributed by atoms with Crippen molar-refractivity contribution in [2.45, 2.75) is 53.1 Å². The van der Waals surface area contributed by atoms with E-state index in [2.05, 4.69) is 35.1 Å². The fourth-order valence-corrected chi connectivity index (χ4v) is 5.17. The van der Waals surface area contributed by atoms with Gasteiger partial charge in [-0.15, -0.1) is 0 Å². The second-order valence-electron chi connectivity index (χ2n) is 10.2. The third-order valence-corrected chi connectivity index (χ3v) is 7.16. The Morgan fingerprint density at radius 1 is 1.32 bits per heavy atom. The first kappa shape index (κ1) is 22.7. The van der Waals surface area contributed by atoms with Crippen LogP contribution in [-0.2, 0) is 27.2 Å². The number of benzene rings is 1. The zero-order valence-electron chi connectivity index (χ0n) is 20.4. The Morgan fingerprint density at radius 3 is 2.94 bits per heavy atom. The number of likely N-dealkylation sites (N-methyl/N-ethyl adjacent to an activating group) is 1. The monoisotopic (exact) mass is 463 g/mol. The van der Waals surface area contributed by atoms with Crippen LogP contribution in [0.2, 0.25) is 0 Å². The van der Waals surface area contributed by atoms with Gasteiger partial charge in [-0.05, 0) is 56.7 Å². The molecule has 1 aromatic carbocycles. The summed E-state index contributed by atoms with van der Waals surface area (Å²) < 4.78 is 5.37. The van der Waals surface area contributed by atoms with E-state index in [0.717, 1.165) is 47.2 Å². The van der Waals surface area contributed by atoms with Crippen molar-refractivity contribution in [2.75, 3.05) is 31.1 Å². The molecule has 1 unspecified atom stereocenters. The molecule has 8 nitrogen and oxygen atoms in total. The number of morpholine rings is 1. The second-order valence-corrected chi connectivity index (χ2v) is 10.2. The van der Waals surface area contributed by atoms with Gasteiger partial charge in [0.1, 0.15) is 18.3 Å². The Bertz CT molecular complexity index is 1240. The molecular formula is C26H33N5O3. The highest BCUT2D eigenvalue weighted by Crippen LogP contribution is 2.38. The minimum atomic E-state index is -0.496. The first-order valence-corrected chi connectivity index (χ1v) is 12.2. The highest BCUT2D eigenvalue weighted by atomic mass is 16.5. The summed E-state index contributed by atoms with van der Waals surface area (Å²) in [7, 11) is 0. The van der Waals surface area contributed by atoms with Crippen LogP contribution < -0.4 is 4.90 Å². The van der Waals surface area contributed by atoms with Crippen LogP contribution in [0.15, 0.2) is 24.3 Å². The zero-order chi connectivity index (χ0) is 24.0. The molecule has 8 heteroatoms. The standard InChI is InChI=1S/C26H33N5O3/c1-5-31(23(32)15-30-10-11-34-16(2)25(30)33)18-7-6-17-12-21(27-20(17)13-18)24-19-8-9-26(3,4)14-22(19)28-29-24/h6-7,12-13,16,27H,5,8-11,14-15H2,1-4H3,(H,28,29). The van der Waals surface area contributed by atoms with Crippen LogP contribution in [0.25, 0.3) is 22.3 Å². The third kappa shape index (κ3) is 4.11. The van der Waals surface area contributed by atoms with Gasteiger partial charge in [-0.2, -0.15) is 5.10 Å².